The Morgan fingerprint density at radius 1 is 1.35 bits per heavy atom. The predicted octanol–water partition coefficient (Wildman–Crippen LogP) is 2.70. The molecule has 2 amide bonds. The molecule has 2 aromatic heterocycles. The van der Waals surface area contributed by atoms with Crippen molar-refractivity contribution >= 4 is 29.3 Å². The topological polar surface area (TPSA) is 88.9 Å². The van der Waals surface area contributed by atoms with E-state index in [0.717, 1.165) is 23.6 Å². The first kappa shape index (κ1) is 18.4. The molecule has 2 N–H and O–H groups in total. The van der Waals surface area contributed by atoms with E-state index in [9.17, 15) is 9.59 Å². The zero-order valence-electron chi connectivity index (χ0n) is 14.8. The van der Waals surface area contributed by atoms with Gasteiger partial charge < -0.3 is 10.6 Å². The van der Waals surface area contributed by atoms with Crippen molar-refractivity contribution in [3.05, 3.63) is 36.3 Å². The molecule has 26 heavy (non-hydrogen) atoms. The number of thioether (sulfide) groups is 1. The zero-order chi connectivity index (χ0) is 18.4. The molecule has 0 spiro atoms. The molecule has 0 radical (unpaired) electrons. The predicted molar refractivity (Wildman–Crippen MR) is 101 cm³/mol. The van der Waals surface area contributed by atoms with Crippen LogP contribution >= 0.6 is 11.8 Å². The number of aromatic nitrogens is 3. The van der Waals surface area contributed by atoms with Gasteiger partial charge in [-0.25, -0.2) is 4.98 Å². The summed E-state index contributed by atoms with van der Waals surface area (Å²) in [6.45, 7) is 2.19. The fraction of sp³-hybridized carbons (Fsp3) is 0.444. The van der Waals surface area contributed by atoms with Crippen molar-refractivity contribution in [2.75, 3.05) is 11.1 Å². The van der Waals surface area contributed by atoms with Gasteiger partial charge in [-0.05, 0) is 30.7 Å². The fourth-order valence-corrected chi connectivity index (χ4v) is 3.63. The quantitative estimate of drug-likeness (QED) is 0.729. The molecule has 0 aromatic carbocycles. The van der Waals surface area contributed by atoms with E-state index in [1.807, 2.05) is 6.92 Å². The Balaban J connectivity index is 1.55. The van der Waals surface area contributed by atoms with Crippen LogP contribution in [0.1, 0.15) is 43.0 Å². The van der Waals surface area contributed by atoms with E-state index in [0.29, 0.717) is 17.3 Å². The number of amides is 2. The molecule has 0 bridgehead atoms. The van der Waals surface area contributed by atoms with Crippen molar-refractivity contribution in [1.82, 2.24) is 20.1 Å². The molecule has 1 aliphatic rings. The lowest BCUT2D eigenvalue weighted by atomic mass is 10.2. The average Bonchev–Trinajstić information content (AvgIpc) is 3.27. The van der Waals surface area contributed by atoms with Crippen LogP contribution in [0.2, 0.25) is 0 Å². The summed E-state index contributed by atoms with van der Waals surface area (Å²) in [6, 6.07) is 3.73. The number of hydrogen-bond donors (Lipinski definition) is 2. The van der Waals surface area contributed by atoms with Gasteiger partial charge >= 0.3 is 0 Å². The van der Waals surface area contributed by atoms with Crippen LogP contribution in [0, 0.1) is 0 Å². The number of hydrogen-bond acceptors (Lipinski definition) is 5. The minimum atomic E-state index is -0.222. The van der Waals surface area contributed by atoms with Crippen LogP contribution in [0.25, 0.3) is 0 Å². The molecule has 138 valence electrons. The van der Waals surface area contributed by atoms with Gasteiger partial charge in [0.25, 0.3) is 5.91 Å². The third kappa shape index (κ3) is 5.08. The van der Waals surface area contributed by atoms with Crippen LogP contribution in [-0.2, 0) is 11.3 Å². The first-order chi connectivity index (χ1) is 12.6. The second kappa shape index (κ2) is 8.84. The molecule has 2 aromatic rings. The maximum absolute atomic E-state index is 12.4. The highest BCUT2D eigenvalue weighted by molar-refractivity contribution is 7.99. The molecule has 3 rings (SSSR count). The standard InChI is InChI=1S/C18H23N5O2S/c1-2-26-17-9-13(7-8-19-17)18(25)22-15-10-20-23(11-15)12-16(24)21-14-5-3-4-6-14/h7-11,14H,2-6,12H2,1H3,(H,21,24)(H,22,25). The van der Waals surface area contributed by atoms with Crippen molar-refractivity contribution in [3.8, 4) is 0 Å². The summed E-state index contributed by atoms with van der Waals surface area (Å²) in [5.74, 6) is 0.627. The number of nitrogens with zero attached hydrogens (tertiary/aromatic N) is 3. The van der Waals surface area contributed by atoms with Crippen LogP contribution in [0.4, 0.5) is 5.69 Å². The van der Waals surface area contributed by atoms with E-state index in [1.54, 1.807) is 42.5 Å². The van der Waals surface area contributed by atoms with E-state index in [2.05, 4.69) is 20.7 Å². The third-order valence-corrected chi connectivity index (χ3v) is 5.01. The smallest absolute Gasteiger partial charge is 0.255 e. The molecule has 0 unspecified atom stereocenters. The van der Waals surface area contributed by atoms with Crippen molar-refractivity contribution in [1.29, 1.82) is 0 Å². The maximum atomic E-state index is 12.4. The number of carbonyl (C=O) groups is 2. The number of rotatable bonds is 7. The van der Waals surface area contributed by atoms with Gasteiger partial charge in [-0.1, -0.05) is 19.8 Å². The molecular formula is C18H23N5O2S. The number of pyridine rings is 1. The highest BCUT2D eigenvalue weighted by Gasteiger charge is 2.17. The number of nitrogens with one attached hydrogen (secondary N) is 2. The zero-order valence-corrected chi connectivity index (χ0v) is 15.6. The molecule has 1 aliphatic carbocycles. The summed E-state index contributed by atoms with van der Waals surface area (Å²) < 4.78 is 1.53. The fourth-order valence-electron chi connectivity index (χ4n) is 2.99. The Morgan fingerprint density at radius 3 is 2.92 bits per heavy atom. The third-order valence-electron chi connectivity index (χ3n) is 4.21. The van der Waals surface area contributed by atoms with Gasteiger partial charge in [-0.2, -0.15) is 5.10 Å². The highest BCUT2D eigenvalue weighted by Crippen LogP contribution is 2.18. The summed E-state index contributed by atoms with van der Waals surface area (Å²) in [6.07, 6.45) is 9.29. The van der Waals surface area contributed by atoms with Gasteiger partial charge in [-0.15, -0.1) is 11.8 Å². The molecule has 0 aliphatic heterocycles. The molecule has 7 nitrogen and oxygen atoms in total. The Kier molecular flexibility index (Phi) is 6.27. The lowest BCUT2D eigenvalue weighted by Crippen LogP contribution is -2.35. The van der Waals surface area contributed by atoms with Crippen molar-refractivity contribution in [2.45, 2.75) is 50.2 Å². The van der Waals surface area contributed by atoms with Crippen LogP contribution in [0.15, 0.2) is 35.7 Å². The number of carbonyl (C=O) groups excluding carboxylic acids is 2. The van der Waals surface area contributed by atoms with Gasteiger partial charge in [0, 0.05) is 24.0 Å². The first-order valence-corrected chi connectivity index (χ1v) is 9.84. The normalized spacial score (nSPS) is 14.3. The van der Waals surface area contributed by atoms with E-state index in [4.69, 9.17) is 0 Å². The van der Waals surface area contributed by atoms with Crippen LogP contribution in [0.3, 0.4) is 0 Å². The van der Waals surface area contributed by atoms with Crippen molar-refractivity contribution < 1.29 is 9.59 Å². The Bertz CT molecular complexity index is 770. The second-order valence-electron chi connectivity index (χ2n) is 6.25. The van der Waals surface area contributed by atoms with E-state index in [1.165, 1.54) is 17.5 Å². The van der Waals surface area contributed by atoms with Gasteiger partial charge in [0.15, 0.2) is 0 Å². The van der Waals surface area contributed by atoms with Crippen LogP contribution in [-0.4, -0.2) is 38.4 Å². The molecular weight excluding hydrogens is 350 g/mol. The SMILES string of the molecule is CCSc1cc(C(=O)Nc2cnn(CC(=O)NC3CCCC3)c2)ccn1. The van der Waals surface area contributed by atoms with Gasteiger partial charge in [0.1, 0.15) is 6.54 Å². The van der Waals surface area contributed by atoms with Crippen LogP contribution in [0.5, 0.6) is 0 Å². The van der Waals surface area contributed by atoms with Gasteiger partial charge in [0.2, 0.25) is 5.91 Å². The minimum absolute atomic E-state index is 0.0479. The Hall–Kier alpha value is -2.35. The second-order valence-corrected chi connectivity index (χ2v) is 7.53. The summed E-state index contributed by atoms with van der Waals surface area (Å²) in [4.78, 5) is 28.6. The number of anilines is 1. The molecule has 1 fully saturated rings. The highest BCUT2D eigenvalue weighted by atomic mass is 32.2. The average molecular weight is 373 g/mol. The van der Waals surface area contributed by atoms with E-state index < -0.39 is 0 Å². The molecule has 2 heterocycles. The summed E-state index contributed by atoms with van der Waals surface area (Å²) >= 11 is 1.58. The monoisotopic (exact) mass is 373 g/mol. The largest absolute Gasteiger partial charge is 0.352 e. The molecule has 0 atom stereocenters. The lowest BCUT2D eigenvalue weighted by molar-refractivity contribution is -0.122. The summed E-state index contributed by atoms with van der Waals surface area (Å²) in [5, 5.41) is 10.8. The van der Waals surface area contributed by atoms with E-state index >= 15 is 0 Å². The van der Waals surface area contributed by atoms with Crippen molar-refractivity contribution in [2.24, 2.45) is 0 Å². The molecule has 0 saturated heterocycles. The van der Waals surface area contributed by atoms with Crippen molar-refractivity contribution in [3.63, 3.8) is 0 Å². The van der Waals surface area contributed by atoms with Gasteiger partial charge in [-0.3, -0.25) is 14.3 Å². The van der Waals surface area contributed by atoms with E-state index in [-0.39, 0.29) is 18.4 Å². The lowest BCUT2D eigenvalue weighted by Gasteiger charge is -2.11. The van der Waals surface area contributed by atoms with Crippen LogP contribution < -0.4 is 10.6 Å². The Labute approximate surface area is 157 Å². The maximum Gasteiger partial charge on any atom is 0.255 e. The minimum Gasteiger partial charge on any atom is -0.352 e. The summed E-state index contributed by atoms with van der Waals surface area (Å²) in [7, 11) is 0. The van der Waals surface area contributed by atoms with Gasteiger partial charge in [0.05, 0.1) is 16.9 Å². The summed E-state index contributed by atoms with van der Waals surface area (Å²) in [5.41, 5.74) is 1.10. The molecule has 1 saturated carbocycles. The molecule has 8 heteroatoms. The Morgan fingerprint density at radius 2 is 2.15 bits per heavy atom. The first-order valence-electron chi connectivity index (χ1n) is 8.86.